The van der Waals surface area contributed by atoms with Crippen LogP contribution < -0.4 is 14.2 Å². The third-order valence-electron chi connectivity index (χ3n) is 3.22. The SMILES string of the molecule is COc1cncc(C(O)c2cc(Cl)c3c(c2)OCCO3)c1. The second kappa shape index (κ2) is 5.79. The highest BCUT2D eigenvalue weighted by molar-refractivity contribution is 6.32. The Morgan fingerprint density at radius 1 is 1.19 bits per heavy atom. The van der Waals surface area contributed by atoms with Crippen LogP contribution in [0.2, 0.25) is 5.02 Å². The van der Waals surface area contributed by atoms with Crippen molar-refractivity contribution < 1.29 is 19.3 Å². The summed E-state index contributed by atoms with van der Waals surface area (Å²) in [5.41, 5.74) is 1.22. The number of hydrogen-bond donors (Lipinski definition) is 1. The van der Waals surface area contributed by atoms with Gasteiger partial charge >= 0.3 is 0 Å². The lowest BCUT2D eigenvalue weighted by Crippen LogP contribution is -2.16. The molecule has 0 spiro atoms. The van der Waals surface area contributed by atoms with E-state index in [4.69, 9.17) is 25.8 Å². The van der Waals surface area contributed by atoms with Crippen molar-refractivity contribution in [3.63, 3.8) is 0 Å². The van der Waals surface area contributed by atoms with Gasteiger partial charge in [-0.1, -0.05) is 11.6 Å². The van der Waals surface area contributed by atoms with Gasteiger partial charge in [-0.05, 0) is 23.8 Å². The van der Waals surface area contributed by atoms with E-state index >= 15 is 0 Å². The molecule has 0 fully saturated rings. The fourth-order valence-corrected chi connectivity index (χ4v) is 2.45. The molecule has 5 nitrogen and oxygen atoms in total. The highest BCUT2D eigenvalue weighted by atomic mass is 35.5. The zero-order chi connectivity index (χ0) is 14.8. The number of pyridine rings is 1. The molecule has 2 heterocycles. The molecule has 0 saturated carbocycles. The zero-order valence-corrected chi connectivity index (χ0v) is 12.1. The summed E-state index contributed by atoms with van der Waals surface area (Å²) >= 11 is 6.18. The summed E-state index contributed by atoms with van der Waals surface area (Å²) in [7, 11) is 1.55. The van der Waals surface area contributed by atoms with Crippen molar-refractivity contribution in [2.75, 3.05) is 20.3 Å². The Bertz CT molecular complexity index is 662. The molecule has 21 heavy (non-hydrogen) atoms. The van der Waals surface area contributed by atoms with Crippen molar-refractivity contribution in [2.45, 2.75) is 6.10 Å². The van der Waals surface area contributed by atoms with Crippen LogP contribution in [0.15, 0.2) is 30.6 Å². The largest absolute Gasteiger partial charge is 0.495 e. The second-order valence-corrected chi connectivity index (χ2v) is 4.99. The summed E-state index contributed by atoms with van der Waals surface area (Å²) in [6.07, 6.45) is 2.28. The number of ether oxygens (including phenoxy) is 3. The van der Waals surface area contributed by atoms with E-state index in [1.54, 1.807) is 37.7 Å². The van der Waals surface area contributed by atoms with E-state index in [0.29, 0.717) is 46.6 Å². The number of aliphatic hydroxyl groups is 1. The van der Waals surface area contributed by atoms with Crippen molar-refractivity contribution in [3.8, 4) is 17.2 Å². The minimum Gasteiger partial charge on any atom is -0.495 e. The third kappa shape index (κ3) is 2.75. The van der Waals surface area contributed by atoms with Gasteiger partial charge in [0.2, 0.25) is 0 Å². The van der Waals surface area contributed by atoms with E-state index in [9.17, 15) is 5.11 Å². The molecule has 1 aromatic carbocycles. The summed E-state index contributed by atoms with van der Waals surface area (Å²) in [4.78, 5) is 4.04. The maximum atomic E-state index is 10.5. The van der Waals surface area contributed by atoms with Crippen LogP contribution in [0.4, 0.5) is 0 Å². The van der Waals surface area contributed by atoms with Crippen LogP contribution in [0.3, 0.4) is 0 Å². The van der Waals surface area contributed by atoms with Crippen molar-refractivity contribution in [1.29, 1.82) is 0 Å². The molecule has 0 aliphatic carbocycles. The molecule has 1 unspecified atom stereocenters. The van der Waals surface area contributed by atoms with Crippen LogP contribution in [0, 0.1) is 0 Å². The molecule has 2 aromatic rings. The number of fused-ring (bicyclic) bond motifs is 1. The number of hydrogen-bond acceptors (Lipinski definition) is 5. The van der Waals surface area contributed by atoms with Gasteiger partial charge in [0, 0.05) is 11.8 Å². The number of nitrogens with zero attached hydrogens (tertiary/aromatic N) is 1. The Labute approximate surface area is 127 Å². The summed E-state index contributed by atoms with van der Waals surface area (Å²) < 4.78 is 16.1. The molecular weight excluding hydrogens is 294 g/mol. The van der Waals surface area contributed by atoms with Crippen LogP contribution in [0.1, 0.15) is 17.2 Å². The van der Waals surface area contributed by atoms with E-state index in [1.807, 2.05) is 0 Å². The van der Waals surface area contributed by atoms with Crippen LogP contribution in [-0.4, -0.2) is 30.4 Å². The smallest absolute Gasteiger partial charge is 0.179 e. The molecule has 0 bridgehead atoms. The first-order valence-electron chi connectivity index (χ1n) is 6.45. The number of methoxy groups -OCH3 is 1. The highest BCUT2D eigenvalue weighted by Gasteiger charge is 2.20. The molecule has 3 rings (SSSR count). The van der Waals surface area contributed by atoms with Gasteiger partial charge in [-0.3, -0.25) is 4.98 Å². The third-order valence-corrected chi connectivity index (χ3v) is 3.50. The molecule has 0 saturated heterocycles. The van der Waals surface area contributed by atoms with E-state index in [0.717, 1.165) is 0 Å². The summed E-state index contributed by atoms with van der Waals surface area (Å²) in [6, 6.07) is 5.12. The summed E-state index contributed by atoms with van der Waals surface area (Å²) in [5, 5.41) is 10.9. The maximum absolute atomic E-state index is 10.5. The monoisotopic (exact) mass is 307 g/mol. The van der Waals surface area contributed by atoms with Gasteiger partial charge in [-0.2, -0.15) is 0 Å². The van der Waals surface area contributed by atoms with Gasteiger partial charge in [-0.25, -0.2) is 0 Å². The predicted molar refractivity (Wildman–Crippen MR) is 77.3 cm³/mol. The zero-order valence-electron chi connectivity index (χ0n) is 11.4. The number of halogens is 1. The minimum atomic E-state index is -0.874. The van der Waals surface area contributed by atoms with Crippen LogP contribution in [-0.2, 0) is 0 Å². The van der Waals surface area contributed by atoms with E-state index in [-0.39, 0.29) is 0 Å². The Morgan fingerprint density at radius 2 is 2.00 bits per heavy atom. The molecule has 1 aromatic heterocycles. The first-order chi connectivity index (χ1) is 10.2. The molecule has 110 valence electrons. The van der Waals surface area contributed by atoms with Crippen molar-refractivity contribution in [2.24, 2.45) is 0 Å². The fourth-order valence-electron chi connectivity index (χ4n) is 2.18. The Kier molecular flexibility index (Phi) is 3.86. The quantitative estimate of drug-likeness (QED) is 0.944. The standard InChI is InChI=1S/C15H14ClNO4/c1-19-11-4-10(7-17-8-11)14(18)9-5-12(16)15-13(6-9)20-2-3-21-15/h4-8,14,18H,2-3H2,1H3. The molecule has 1 N–H and O–H groups in total. The topological polar surface area (TPSA) is 60.8 Å². The van der Waals surface area contributed by atoms with Gasteiger partial charge in [0.15, 0.2) is 11.5 Å². The maximum Gasteiger partial charge on any atom is 0.179 e. The molecule has 0 amide bonds. The Morgan fingerprint density at radius 3 is 2.81 bits per heavy atom. The summed E-state index contributed by atoms with van der Waals surface area (Å²) in [5.74, 6) is 1.64. The molecule has 1 aliphatic rings. The average Bonchev–Trinajstić information content (AvgIpc) is 2.54. The number of rotatable bonds is 3. The average molecular weight is 308 g/mol. The first-order valence-corrected chi connectivity index (χ1v) is 6.83. The van der Waals surface area contributed by atoms with Crippen LogP contribution in [0.5, 0.6) is 17.2 Å². The highest BCUT2D eigenvalue weighted by Crippen LogP contribution is 2.40. The molecule has 0 radical (unpaired) electrons. The normalized spacial score (nSPS) is 14.6. The van der Waals surface area contributed by atoms with Gasteiger partial charge in [0.25, 0.3) is 0 Å². The van der Waals surface area contributed by atoms with Gasteiger partial charge in [0.1, 0.15) is 25.1 Å². The van der Waals surface area contributed by atoms with Crippen LogP contribution >= 0.6 is 11.6 Å². The lowest BCUT2D eigenvalue weighted by atomic mass is 10.0. The Balaban J connectivity index is 1.97. The second-order valence-electron chi connectivity index (χ2n) is 4.59. The number of aromatic nitrogens is 1. The molecule has 6 heteroatoms. The van der Waals surface area contributed by atoms with E-state index in [2.05, 4.69) is 4.98 Å². The minimum absolute atomic E-state index is 0.414. The van der Waals surface area contributed by atoms with E-state index < -0.39 is 6.10 Å². The summed E-state index contributed by atoms with van der Waals surface area (Å²) in [6.45, 7) is 0.929. The van der Waals surface area contributed by atoms with Crippen LogP contribution in [0.25, 0.3) is 0 Å². The molecule has 1 atom stereocenters. The van der Waals surface area contributed by atoms with Gasteiger partial charge in [-0.15, -0.1) is 0 Å². The fraction of sp³-hybridized carbons (Fsp3) is 0.267. The number of aliphatic hydroxyl groups excluding tert-OH is 1. The molecular formula is C15H14ClNO4. The van der Waals surface area contributed by atoms with Crippen molar-refractivity contribution in [1.82, 2.24) is 4.98 Å². The predicted octanol–water partition coefficient (Wildman–Crippen LogP) is 2.60. The number of benzene rings is 1. The molecule has 1 aliphatic heterocycles. The lowest BCUT2D eigenvalue weighted by Gasteiger charge is -2.21. The van der Waals surface area contributed by atoms with Gasteiger partial charge in [0.05, 0.1) is 18.3 Å². The van der Waals surface area contributed by atoms with Crippen molar-refractivity contribution in [3.05, 3.63) is 46.7 Å². The first kappa shape index (κ1) is 14.0. The lowest BCUT2D eigenvalue weighted by molar-refractivity contribution is 0.170. The Hall–Kier alpha value is -1.98. The van der Waals surface area contributed by atoms with E-state index in [1.165, 1.54) is 0 Å². The van der Waals surface area contributed by atoms with Crippen molar-refractivity contribution >= 4 is 11.6 Å². The van der Waals surface area contributed by atoms with Gasteiger partial charge < -0.3 is 19.3 Å².